The Morgan fingerprint density at radius 1 is 1.27 bits per heavy atom. The number of hydrogen-bond acceptors (Lipinski definition) is 4. The van der Waals surface area contributed by atoms with Crippen LogP contribution in [0.2, 0.25) is 0 Å². The predicted octanol–water partition coefficient (Wildman–Crippen LogP) is 0.494. The minimum Gasteiger partial charge on any atom is -0.508 e. The van der Waals surface area contributed by atoms with Crippen molar-refractivity contribution in [1.29, 1.82) is 0 Å². The van der Waals surface area contributed by atoms with Gasteiger partial charge in [0.1, 0.15) is 23.7 Å². The third-order valence-electron chi connectivity index (χ3n) is 2.51. The molecule has 1 saturated heterocycles. The van der Waals surface area contributed by atoms with Crippen molar-refractivity contribution in [2.45, 2.75) is 18.6 Å². The fourth-order valence-electron chi connectivity index (χ4n) is 1.66. The maximum absolute atomic E-state index is 9.65. The Morgan fingerprint density at radius 2 is 2.00 bits per heavy atom. The molecule has 2 rings (SSSR count). The number of rotatable bonds is 2. The van der Waals surface area contributed by atoms with Gasteiger partial charge in [0.15, 0.2) is 0 Å². The minimum atomic E-state index is -0.465. The van der Waals surface area contributed by atoms with Gasteiger partial charge in [-0.25, -0.2) is 0 Å². The van der Waals surface area contributed by atoms with Gasteiger partial charge >= 0.3 is 0 Å². The number of piperidine rings is 1. The first-order valence-corrected chi connectivity index (χ1v) is 5.10. The largest absolute Gasteiger partial charge is 0.508 e. The van der Waals surface area contributed by atoms with Crippen LogP contribution in [0.3, 0.4) is 0 Å². The molecule has 1 aliphatic heterocycles. The molecule has 0 radical (unpaired) electrons. The third kappa shape index (κ3) is 2.61. The van der Waals surface area contributed by atoms with E-state index >= 15 is 0 Å². The highest BCUT2D eigenvalue weighted by molar-refractivity contribution is 5.30. The van der Waals surface area contributed by atoms with E-state index in [4.69, 9.17) is 9.84 Å². The number of benzene rings is 1. The van der Waals surface area contributed by atoms with Crippen LogP contribution in [-0.2, 0) is 0 Å². The lowest BCUT2D eigenvalue weighted by Crippen LogP contribution is -2.46. The fourth-order valence-corrected chi connectivity index (χ4v) is 1.66. The zero-order chi connectivity index (χ0) is 10.7. The lowest BCUT2D eigenvalue weighted by atomic mass is 10.1. The highest BCUT2D eigenvalue weighted by atomic mass is 16.5. The summed E-state index contributed by atoms with van der Waals surface area (Å²) in [5, 5.41) is 21.8. The van der Waals surface area contributed by atoms with Crippen LogP contribution < -0.4 is 10.1 Å². The summed E-state index contributed by atoms with van der Waals surface area (Å²) in [7, 11) is 0. The summed E-state index contributed by atoms with van der Waals surface area (Å²) in [5.74, 6) is 0.895. The van der Waals surface area contributed by atoms with Gasteiger partial charge < -0.3 is 20.3 Å². The minimum absolute atomic E-state index is 0.157. The van der Waals surface area contributed by atoms with E-state index in [0.29, 0.717) is 12.3 Å². The molecule has 0 spiro atoms. The van der Waals surface area contributed by atoms with Crippen LogP contribution >= 0.6 is 0 Å². The van der Waals surface area contributed by atoms with E-state index in [2.05, 4.69) is 5.32 Å². The van der Waals surface area contributed by atoms with Crippen molar-refractivity contribution in [3.8, 4) is 11.5 Å². The molecule has 0 aliphatic carbocycles. The van der Waals surface area contributed by atoms with Crippen molar-refractivity contribution in [1.82, 2.24) is 5.32 Å². The maximum atomic E-state index is 9.65. The molecule has 4 heteroatoms. The Labute approximate surface area is 88.5 Å². The normalized spacial score (nSPS) is 26.2. The van der Waals surface area contributed by atoms with Crippen LogP contribution in [0.4, 0.5) is 0 Å². The second kappa shape index (κ2) is 4.51. The van der Waals surface area contributed by atoms with Gasteiger partial charge in [0.05, 0.1) is 0 Å². The molecule has 3 N–H and O–H groups in total. The van der Waals surface area contributed by atoms with Crippen molar-refractivity contribution in [2.75, 3.05) is 13.1 Å². The van der Waals surface area contributed by atoms with Crippen LogP contribution in [0, 0.1) is 0 Å². The van der Waals surface area contributed by atoms with Crippen molar-refractivity contribution < 1.29 is 14.9 Å². The molecule has 0 aromatic heterocycles. The Morgan fingerprint density at radius 3 is 2.67 bits per heavy atom. The predicted molar refractivity (Wildman–Crippen MR) is 56.0 cm³/mol. The van der Waals surface area contributed by atoms with Crippen LogP contribution in [0.1, 0.15) is 6.42 Å². The summed E-state index contributed by atoms with van der Waals surface area (Å²) >= 11 is 0. The molecule has 82 valence electrons. The zero-order valence-corrected chi connectivity index (χ0v) is 8.39. The highest BCUT2D eigenvalue weighted by Gasteiger charge is 2.24. The molecule has 2 atom stereocenters. The number of phenols is 1. The standard InChI is InChI=1S/C11H15NO3/c13-8-1-3-9(4-2-8)15-11-5-6-12-7-10(11)14/h1-4,10-14H,5-7H2/t10-,11-/m0/s1. The smallest absolute Gasteiger partial charge is 0.127 e. The number of aliphatic hydroxyl groups excluding tert-OH is 1. The highest BCUT2D eigenvalue weighted by Crippen LogP contribution is 2.19. The summed E-state index contributed by atoms with van der Waals surface area (Å²) in [6.07, 6.45) is 0.172. The average molecular weight is 209 g/mol. The molecule has 0 saturated carbocycles. The fraction of sp³-hybridized carbons (Fsp3) is 0.455. The quantitative estimate of drug-likeness (QED) is 0.663. The van der Waals surface area contributed by atoms with E-state index in [1.54, 1.807) is 24.3 Å². The SMILES string of the molecule is Oc1ccc(O[C@H]2CCNC[C@@H]2O)cc1. The van der Waals surface area contributed by atoms with Crippen LogP contribution in [-0.4, -0.2) is 35.5 Å². The second-order valence-corrected chi connectivity index (χ2v) is 3.71. The molecule has 0 unspecified atom stereocenters. The molecule has 1 aromatic carbocycles. The molecule has 1 heterocycles. The number of ether oxygens (including phenoxy) is 1. The number of phenolic OH excluding ortho intramolecular Hbond substituents is 1. The van der Waals surface area contributed by atoms with Gasteiger partial charge in [-0.15, -0.1) is 0 Å². The molecule has 0 bridgehead atoms. The number of hydrogen-bond donors (Lipinski definition) is 3. The van der Waals surface area contributed by atoms with E-state index in [9.17, 15) is 5.11 Å². The number of aliphatic hydroxyl groups is 1. The van der Waals surface area contributed by atoms with Crippen molar-refractivity contribution in [3.63, 3.8) is 0 Å². The molecule has 15 heavy (non-hydrogen) atoms. The molecule has 4 nitrogen and oxygen atoms in total. The Bertz CT molecular complexity index is 312. The van der Waals surface area contributed by atoms with Crippen LogP contribution in [0.25, 0.3) is 0 Å². The first kappa shape index (κ1) is 10.3. The van der Waals surface area contributed by atoms with Crippen molar-refractivity contribution in [2.24, 2.45) is 0 Å². The summed E-state index contributed by atoms with van der Waals surface area (Å²) in [6, 6.07) is 6.54. The Balaban J connectivity index is 1.98. The molecule has 0 amide bonds. The number of nitrogens with one attached hydrogen (secondary N) is 1. The van der Waals surface area contributed by atoms with E-state index in [1.165, 1.54) is 0 Å². The zero-order valence-electron chi connectivity index (χ0n) is 8.39. The first-order chi connectivity index (χ1) is 7.25. The van der Waals surface area contributed by atoms with Crippen LogP contribution in [0.15, 0.2) is 24.3 Å². The molecule has 1 fully saturated rings. The van der Waals surface area contributed by atoms with E-state index in [-0.39, 0.29) is 11.9 Å². The second-order valence-electron chi connectivity index (χ2n) is 3.71. The molecular weight excluding hydrogens is 194 g/mol. The van der Waals surface area contributed by atoms with Gasteiger partial charge in [-0.3, -0.25) is 0 Å². The maximum Gasteiger partial charge on any atom is 0.127 e. The van der Waals surface area contributed by atoms with Gasteiger partial charge in [0, 0.05) is 6.54 Å². The Hall–Kier alpha value is -1.26. The summed E-state index contributed by atoms with van der Waals surface area (Å²) in [6.45, 7) is 1.43. The first-order valence-electron chi connectivity index (χ1n) is 5.10. The van der Waals surface area contributed by atoms with E-state index in [1.807, 2.05) is 0 Å². The van der Waals surface area contributed by atoms with Crippen molar-refractivity contribution >= 4 is 0 Å². The van der Waals surface area contributed by atoms with Gasteiger partial charge in [-0.1, -0.05) is 0 Å². The van der Waals surface area contributed by atoms with Crippen LogP contribution in [0.5, 0.6) is 11.5 Å². The monoisotopic (exact) mass is 209 g/mol. The average Bonchev–Trinajstić information content (AvgIpc) is 2.25. The molecule has 1 aliphatic rings. The van der Waals surface area contributed by atoms with Crippen molar-refractivity contribution in [3.05, 3.63) is 24.3 Å². The summed E-state index contributed by atoms with van der Waals surface area (Å²) in [4.78, 5) is 0. The third-order valence-corrected chi connectivity index (χ3v) is 2.51. The van der Waals surface area contributed by atoms with Gasteiger partial charge in [-0.05, 0) is 37.2 Å². The van der Waals surface area contributed by atoms with Gasteiger partial charge in [-0.2, -0.15) is 0 Å². The lowest BCUT2D eigenvalue weighted by Gasteiger charge is -2.28. The Kier molecular flexibility index (Phi) is 3.08. The summed E-state index contributed by atoms with van der Waals surface area (Å²) in [5.41, 5.74) is 0. The molecular formula is C11H15NO3. The lowest BCUT2D eigenvalue weighted by molar-refractivity contribution is 0.0162. The van der Waals surface area contributed by atoms with Gasteiger partial charge in [0.2, 0.25) is 0 Å². The number of aromatic hydroxyl groups is 1. The van der Waals surface area contributed by atoms with E-state index < -0.39 is 6.10 Å². The number of β-amino-alcohol motifs (C(OH)–C–C–N with tert-alkyl or cyclic N) is 1. The summed E-state index contributed by atoms with van der Waals surface area (Å²) < 4.78 is 5.62. The van der Waals surface area contributed by atoms with E-state index in [0.717, 1.165) is 13.0 Å². The van der Waals surface area contributed by atoms with Gasteiger partial charge in [0.25, 0.3) is 0 Å². The topological polar surface area (TPSA) is 61.7 Å². The molecule has 1 aromatic rings.